The van der Waals surface area contributed by atoms with Crippen molar-refractivity contribution in [1.82, 2.24) is 5.32 Å². The van der Waals surface area contributed by atoms with Crippen molar-refractivity contribution in [3.05, 3.63) is 0 Å². The molecule has 1 atom stereocenters. The molecule has 0 radical (unpaired) electrons. The number of carbonyl (C=O) groups is 1. The van der Waals surface area contributed by atoms with Crippen molar-refractivity contribution in [3.8, 4) is 0 Å². The molecule has 0 bridgehead atoms. The molecule has 0 saturated heterocycles. The molecule has 0 aromatic heterocycles. The summed E-state index contributed by atoms with van der Waals surface area (Å²) in [4.78, 5) is 11.8. The van der Waals surface area contributed by atoms with Gasteiger partial charge in [0.05, 0.1) is 18.2 Å². The van der Waals surface area contributed by atoms with Gasteiger partial charge in [0.25, 0.3) is 0 Å². The summed E-state index contributed by atoms with van der Waals surface area (Å²) in [6, 6.07) is 0. The van der Waals surface area contributed by atoms with Crippen LogP contribution >= 0.6 is 15.9 Å². The highest BCUT2D eigenvalue weighted by Crippen LogP contribution is 2.29. The Morgan fingerprint density at radius 3 is 2.24 bits per heavy atom. The summed E-state index contributed by atoms with van der Waals surface area (Å²) in [5.74, 6) is 0.806. The molecule has 1 aliphatic rings. The Balaban J connectivity index is 2.42. The number of ether oxygens (including phenoxy) is 2. The predicted molar refractivity (Wildman–Crippen MR) is 88.9 cm³/mol. The molecule has 4 nitrogen and oxygen atoms in total. The van der Waals surface area contributed by atoms with E-state index in [0.717, 1.165) is 18.8 Å². The van der Waals surface area contributed by atoms with E-state index in [1.807, 2.05) is 27.7 Å². The molecule has 1 saturated carbocycles. The van der Waals surface area contributed by atoms with Gasteiger partial charge in [-0.1, -0.05) is 22.9 Å². The molecule has 0 aromatic rings. The fourth-order valence-electron chi connectivity index (χ4n) is 2.44. The van der Waals surface area contributed by atoms with Crippen LogP contribution in [0.25, 0.3) is 0 Å². The van der Waals surface area contributed by atoms with E-state index >= 15 is 0 Å². The van der Waals surface area contributed by atoms with Gasteiger partial charge in [-0.05, 0) is 59.3 Å². The molecule has 1 amide bonds. The summed E-state index contributed by atoms with van der Waals surface area (Å²) in [5, 5.41) is 3.50. The van der Waals surface area contributed by atoms with E-state index in [2.05, 4.69) is 28.2 Å². The fourth-order valence-corrected chi connectivity index (χ4v) is 2.77. The van der Waals surface area contributed by atoms with E-state index in [0.29, 0.717) is 18.0 Å². The van der Waals surface area contributed by atoms with Gasteiger partial charge in [0.2, 0.25) is 0 Å². The molecule has 0 heterocycles. The lowest BCUT2D eigenvalue weighted by Crippen LogP contribution is -2.47. The van der Waals surface area contributed by atoms with E-state index in [9.17, 15) is 4.79 Å². The molecular formula is C16H30BrNO3. The standard InChI is InChI=1S/C16H30BrNO3/c1-12-6-8-13(9-7-12)20-16(5,10-17)11-18-14(19)21-15(2,3)4/h12-13H,6-11H2,1-5H3,(H,18,19). The van der Waals surface area contributed by atoms with E-state index in [1.165, 1.54) is 12.8 Å². The first kappa shape index (κ1) is 18.8. The van der Waals surface area contributed by atoms with Gasteiger partial charge in [-0.25, -0.2) is 4.79 Å². The lowest BCUT2D eigenvalue weighted by molar-refractivity contribution is -0.0832. The summed E-state index contributed by atoms with van der Waals surface area (Å²) in [6.07, 6.45) is 4.57. The van der Waals surface area contributed by atoms with E-state index in [4.69, 9.17) is 9.47 Å². The molecule has 1 aliphatic carbocycles. The molecule has 0 aromatic carbocycles. The van der Waals surface area contributed by atoms with Crippen LogP contribution in [-0.4, -0.2) is 35.3 Å². The number of hydrogen-bond donors (Lipinski definition) is 1. The first-order valence-electron chi connectivity index (χ1n) is 7.84. The first-order valence-corrected chi connectivity index (χ1v) is 8.96. The highest BCUT2D eigenvalue weighted by atomic mass is 79.9. The van der Waals surface area contributed by atoms with Crippen LogP contribution in [0.15, 0.2) is 0 Å². The van der Waals surface area contributed by atoms with Gasteiger partial charge >= 0.3 is 6.09 Å². The number of carbonyl (C=O) groups excluding carboxylic acids is 1. The number of halogens is 1. The number of alkyl carbamates (subject to hydrolysis) is 1. The zero-order valence-electron chi connectivity index (χ0n) is 14.0. The summed E-state index contributed by atoms with van der Waals surface area (Å²) >= 11 is 3.51. The Morgan fingerprint density at radius 2 is 1.76 bits per heavy atom. The van der Waals surface area contributed by atoms with E-state index in [1.54, 1.807) is 0 Å². The van der Waals surface area contributed by atoms with Crippen LogP contribution in [0.1, 0.15) is 60.3 Å². The third-order valence-electron chi connectivity index (χ3n) is 3.70. The molecule has 1 fully saturated rings. The maximum absolute atomic E-state index is 11.8. The van der Waals surface area contributed by atoms with Gasteiger partial charge in [-0.15, -0.1) is 0 Å². The van der Waals surface area contributed by atoms with Crippen LogP contribution in [0, 0.1) is 5.92 Å². The molecule has 21 heavy (non-hydrogen) atoms. The van der Waals surface area contributed by atoms with Gasteiger partial charge in [0, 0.05) is 5.33 Å². The second-order valence-electron chi connectivity index (χ2n) is 7.44. The lowest BCUT2D eigenvalue weighted by atomic mass is 9.88. The second-order valence-corrected chi connectivity index (χ2v) is 8.00. The minimum Gasteiger partial charge on any atom is -0.444 e. The van der Waals surface area contributed by atoms with Crippen molar-refractivity contribution < 1.29 is 14.3 Å². The largest absolute Gasteiger partial charge is 0.444 e. The molecule has 0 spiro atoms. The summed E-state index contributed by atoms with van der Waals surface area (Å²) < 4.78 is 11.5. The van der Waals surface area contributed by atoms with Crippen LogP contribution in [0.5, 0.6) is 0 Å². The Hall–Kier alpha value is -0.290. The number of alkyl halides is 1. The topological polar surface area (TPSA) is 47.6 Å². The fraction of sp³-hybridized carbons (Fsp3) is 0.938. The van der Waals surface area contributed by atoms with Gasteiger partial charge < -0.3 is 14.8 Å². The maximum Gasteiger partial charge on any atom is 0.407 e. The van der Waals surface area contributed by atoms with Gasteiger partial charge in [0.15, 0.2) is 0 Å². The average molecular weight is 364 g/mol. The number of hydrogen-bond acceptors (Lipinski definition) is 3. The molecule has 1 N–H and O–H groups in total. The minimum absolute atomic E-state index is 0.296. The van der Waals surface area contributed by atoms with Crippen LogP contribution < -0.4 is 5.32 Å². The van der Waals surface area contributed by atoms with Gasteiger partial charge in [0.1, 0.15) is 5.60 Å². The zero-order chi connectivity index (χ0) is 16.1. The van der Waals surface area contributed by atoms with Gasteiger partial charge in [-0.3, -0.25) is 0 Å². The molecule has 1 unspecified atom stereocenters. The predicted octanol–water partition coefficient (Wildman–Crippen LogP) is 4.26. The van der Waals surface area contributed by atoms with Crippen molar-refractivity contribution in [2.75, 3.05) is 11.9 Å². The van der Waals surface area contributed by atoms with Crippen molar-refractivity contribution in [2.24, 2.45) is 5.92 Å². The second kappa shape index (κ2) is 7.82. The maximum atomic E-state index is 11.8. The van der Waals surface area contributed by atoms with E-state index in [-0.39, 0.29) is 0 Å². The molecular weight excluding hydrogens is 334 g/mol. The monoisotopic (exact) mass is 363 g/mol. The van der Waals surface area contributed by atoms with Crippen molar-refractivity contribution in [3.63, 3.8) is 0 Å². The minimum atomic E-state index is -0.477. The van der Waals surface area contributed by atoms with Crippen LogP contribution in [0.4, 0.5) is 4.79 Å². The Labute approximate surface area is 137 Å². The highest BCUT2D eigenvalue weighted by Gasteiger charge is 2.31. The van der Waals surface area contributed by atoms with Crippen molar-refractivity contribution in [1.29, 1.82) is 0 Å². The van der Waals surface area contributed by atoms with Crippen LogP contribution in [-0.2, 0) is 9.47 Å². The summed E-state index contributed by atoms with van der Waals surface area (Å²) in [5.41, 5.74) is -0.878. The highest BCUT2D eigenvalue weighted by molar-refractivity contribution is 9.09. The first-order chi connectivity index (χ1) is 9.63. The Bertz CT molecular complexity index is 335. The molecule has 124 valence electrons. The van der Waals surface area contributed by atoms with Crippen molar-refractivity contribution in [2.45, 2.75) is 77.6 Å². The Morgan fingerprint density at radius 1 is 1.19 bits per heavy atom. The van der Waals surface area contributed by atoms with Gasteiger partial charge in [-0.2, -0.15) is 0 Å². The summed E-state index contributed by atoms with van der Waals surface area (Å²) in [7, 11) is 0. The van der Waals surface area contributed by atoms with Crippen molar-refractivity contribution >= 4 is 22.0 Å². The lowest BCUT2D eigenvalue weighted by Gasteiger charge is -2.36. The molecule has 0 aliphatic heterocycles. The third kappa shape index (κ3) is 7.50. The number of amides is 1. The van der Waals surface area contributed by atoms with Crippen LogP contribution in [0.2, 0.25) is 0 Å². The average Bonchev–Trinajstić information content (AvgIpc) is 2.37. The summed E-state index contributed by atoms with van der Waals surface area (Å²) in [6.45, 7) is 10.3. The van der Waals surface area contributed by atoms with E-state index < -0.39 is 17.3 Å². The van der Waals surface area contributed by atoms with Crippen LogP contribution in [0.3, 0.4) is 0 Å². The SMILES string of the molecule is CC1CCC(OC(C)(CBr)CNC(=O)OC(C)(C)C)CC1. The smallest absolute Gasteiger partial charge is 0.407 e. The number of rotatable bonds is 5. The number of nitrogens with one attached hydrogen (secondary N) is 1. The Kier molecular flexibility index (Phi) is 6.98. The quantitative estimate of drug-likeness (QED) is 0.742. The normalized spacial score (nSPS) is 26.0. The molecule has 1 rings (SSSR count). The zero-order valence-corrected chi connectivity index (χ0v) is 15.6. The molecule has 5 heteroatoms. The third-order valence-corrected chi connectivity index (χ3v) is 4.89.